The Morgan fingerprint density at radius 1 is 1.47 bits per heavy atom. The molecule has 0 unspecified atom stereocenters. The molecular weight excluding hydrogens is 192 g/mol. The van der Waals surface area contributed by atoms with Crippen LogP contribution in [0.2, 0.25) is 0 Å². The van der Waals surface area contributed by atoms with Crippen LogP contribution in [0.25, 0.3) is 0 Å². The Morgan fingerprint density at radius 3 is 2.87 bits per heavy atom. The smallest absolute Gasteiger partial charge is 0.133 e. The van der Waals surface area contributed by atoms with Gasteiger partial charge in [0.2, 0.25) is 0 Å². The second-order valence-electron chi connectivity index (χ2n) is 5.91. The molecule has 0 aliphatic heterocycles. The third-order valence-corrected chi connectivity index (χ3v) is 5.22. The van der Waals surface area contributed by atoms with Gasteiger partial charge in [-0.3, -0.25) is 4.79 Å². The Balaban J connectivity index is 1.98. The summed E-state index contributed by atoms with van der Waals surface area (Å²) in [6.45, 7) is 2.00. The highest BCUT2D eigenvalue weighted by molar-refractivity contribution is 5.80. The molecule has 3 saturated carbocycles. The van der Waals surface area contributed by atoms with Gasteiger partial charge in [-0.1, -0.05) is 6.92 Å². The van der Waals surface area contributed by atoms with Crippen molar-refractivity contribution in [2.75, 3.05) is 6.61 Å². The van der Waals surface area contributed by atoms with Gasteiger partial charge in [0.05, 0.1) is 12.2 Å². The minimum absolute atomic E-state index is 0.0303. The summed E-state index contributed by atoms with van der Waals surface area (Å²) in [7, 11) is 0. The molecule has 0 saturated heterocycles. The predicted molar refractivity (Wildman–Crippen MR) is 54.1 cm³/mol. The highest BCUT2D eigenvalue weighted by atomic mass is 16.3. The zero-order valence-electron chi connectivity index (χ0n) is 9.07. The van der Waals surface area contributed by atoms with Crippen molar-refractivity contribution in [3.8, 4) is 0 Å². The van der Waals surface area contributed by atoms with Crippen LogP contribution in [0.5, 0.6) is 0 Å². The molecule has 3 rings (SSSR count). The van der Waals surface area contributed by atoms with E-state index in [1.165, 1.54) is 0 Å². The molecule has 3 nitrogen and oxygen atoms in total. The minimum atomic E-state index is -0.889. The Labute approximate surface area is 89.5 Å². The maximum absolute atomic E-state index is 11.5. The van der Waals surface area contributed by atoms with Crippen molar-refractivity contribution in [3.05, 3.63) is 0 Å². The minimum Gasteiger partial charge on any atom is -0.393 e. The van der Waals surface area contributed by atoms with Crippen LogP contribution in [0.3, 0.4) is 0 Å². The van der Waals surface area contributed by atoms with Crippen LogP contribution in [0.4, 0.5) is 0 Å². The number of carbonyl (C=O) groups is 1. The molecule has 3 fully saturated rings. The summed E-state index contributed by atoms with van der Waals surface area (Å²) in [5.41, 5.74) is -0.919. The quantitative estimate of drug-likeness (QED) is 0.671. The predicted octanol–water partition coefficient (Wildman–Crippen LogP) is 0.735. The number of aliphatic hydroxyl groups is 2. The van der Waals surface area contributed by atoms with Crippen LogP contribution in [0.1, 0.15) is 32.6 Å². The number of carbonyl (C=O) groups excluding carboxylic acids is 1. The lowest BCUT2D eigenvalue weighted by Crippen LogP contribution is -2.48. The standard InChI is InChI=1S/C12H18O3/c1-11-5-7(14)2-3-10(11)12(15,6-13)9-4-8(9)11/h8-10,13,15H,2-6H2,1H3/t8-,9+,10-,11+,12-/m1/s1. The first-order valence-electron chi connectivity index (χ1n) is 5.87. The lowest BCUT2D eigenvalue weighted by molar-refractivity contribution is -0.134. The molecule has 0 aromatic rings. The number of Topliss-reactive ketones (excluding diaryl/α,β-unsaturated/α-hetero) is 1. The Morgan fingerprint density at radius 2 is 2.20 bits per heavy atom. The first-order chi connectivity index (χ1) is 7.02. The zero-order valence-corrected chi connectivity index (χ0v) is 9.07. The molecule has 0 amide bonds. The SMILES string of the molecule is C[C@@]12CC(=O)CC[C@H]1[C@@](O)(CO)[C@H]1C[C@H]12. The lowest BCUT2D eigenvalue weighted by atomic mass is 9.63. The van der Waals surface area contributed by atoms with Gasteiger partial charge in [0.25, 0.3) is 0 Å². The maximum atomic E-state index is 11.5. The van der Waals surface area contributed by atoms with E-state index < -0.39 is 5.60 Å². The van der Waals surface area contributed by atoms with Crippen molar-refractivity contribution in [3.63, 3.8) is 0 Å². The first kappa shape index (κ1) is 9.79. The van der Waals surface area contributed by atoms with Gasteiger partial charge in [-0.2, -0.15) is 0 Å². The van der Waals surface area contributed by atoms with E-state index in [1.807, 2.05) is 0 Å². The summed E-state index contributed by atoms with van der Waals surface area (Å²) in [5.74, 6) is 1.20. The van der Waals surface area contributed by atoms with E-state index >= 15 is 0 Å². The monoisotopic (exact) mass is 210 g/mol. The van der Waals surface area contributed by atoms with Gasteiger partial charge in [-0.25, -0.2) is 0 Å². The van der Waals surface area contributed by atoms with E-state index in [1.54, 1.807) is 0 Å². The van der Waals surface area contributed by atoms with Gasteiger partial charge in [-0.05, 0) is 36.0 Å². The number of aliphatic hydroxyl groups excluding tert-OH is 1. The molecule has 0 spiro atoms. The molecule has 3 aliphatic rings. The van der Waals surface area contributed by atoms with Crippen LogP contribution >= 0.6 is 0 Å². The summed E-state index contributed by atoms with van der Waals surface area (Å²) in [5, 5.41) is 19.9. The van der Waals surface area contributed by atoms with E-state index in [4.69, 9.17) is 0 Å². The molecule has 3 aliphatic carbocycles. The molecule has 0 heterocycles. The van der Waals surface area contributed by atoms with Crippen LogP contribution in [-0.2, 0) is 4.79 Å². The van der Waals surface area contributed by atoms with Crippen molar-refractivity contribution < 1.29 is 15.0 Å². The molecule has 2 N–H and O–H groups in total. The van der Waals surface area contributed by atoms with Gasteiger partial charge in [0.1, 0.15) is 5.78 Å². The van der Waals surface area contributed by atoms with Gasteiger partial charge in [-0.15, -0.1) is 0 Å². The summed E-state index contributed by atoms with van der Waals surface area (Å²) in [6.07, 6.45) is 2.96. The van der Waals surface area contributed by atoms with E-state index in [2.05, 4.69) is 6.92 Å². The highest BCUT2D eigenvalue weighted by Gasteiger charge is 2.72. The number of ketones is 1. The van der Waals surface area contributed by atoms with Crippen molar-refractivity contribution in [1.82, 2.24) is 0 Å². The topological polar surface area (TPSA) is 57.5 Å². The Kier molecular flexibility index (Phi) is 1.72. The number of hydrogen-bond acceptors (Lipinski definition) is 3. The van der Waals surface area contributed by atoms with Crippen LogP contribution < -0.4 is 0 Å². The van der Waals surface area contributed by atoms with Crippen molar-refractivity contribution in [2.24, 2.45) is 23.2 Å². The fourth-order valence-corrected chi connectivity index (χ4v) is 4.44. The fraction of sp³-hybridized carbons (Fsp3) is 0.917. The molecule has 0 aromatic carbocycles. The largest absolute Gasteiger partial charge is 0.393 e. The molecule has 15 heavy (non-hydrogen) atoms. The number of hydrogen-bond donors (Lipinski definition) is 2. The van der Waals surface area contributed by atoms with Gasteiger partial charge < -0.3 is 10.2 Å². The zero-order chi connectivity index (χ0) is 10.8. The number of rotatable bonds is 1. The molecular formula is C12H18O3. The third-order valence-electron chi connectivity index (χ3n) is 5.22. The van der Waals surface area contributed by atoms with Gasteiger partial charge in [0, 0.05) is 12.8 Å². The fourth-order valence-electron chi connectivity index (χ4n) is 4.44. The van der Waals surface area contributed by atoms with Crippen molar-refractivity contribution in [2.45, 2.75) is 38.2 Å². The van der Waals surface area contributed by atoms with E-state index in [-0.39, 0.29) is 23.9 Å². The summed E-state index contributed by atoms with van der Waals surface area (Å²) in [6, 6.07) is 0. The molecule has 0 aromatic heterocycles. The molecule has 0 radical (unpaired) electrons. The van der Waals surface area contributed by atoms with Crippen molar-refractivity contribution in [1.29, 1.82) is 0 Å². The third kappa shape index (κ3) is 1.01. The number of fused-ring (bicyclic) bond motifs is 3. The summed E-state index contributed by atoms with van der Waals surface area (Å²) in [4.78, 5) is 11.5. The average Bonchev–Trinajstić information content (AvgIpc) is 2.93. The molecule has 5 atom stereocenters. The van der Waals surface area contributed by atoms with Crippen molar-refractivity contribution >= 4 is 5.78 Å². The van der Waals surface area contributed by atoms with Crippen LogP contribution in [0, 0.1) is 23.2 Å². The molecule has 84 valence electrons. The van der Waals surface area contributed by atoms with Gasteiger partial charge >= 0.3 is 0 Å². The van der Waals surface area contributed by atoms with E-state index in [0.29, 0.717) is 24.5 Å². The second kappa shape index (κ2) is 2.64. The highest BCUT2D eigenvalue weighted by Crippen LogP contribution is 2.72. The van der Waals surface area contributed by atoms with E-state index in [0.717, 1.165) is 12.8 Å². The average molecular weight is 210 g/mol. The Hall–Kier alpha value is -0.410. The molecule has 0 bridgehead atoms. The van der Waals surface area contributed by atoms with Gasteiger partial charge in [0.15, 0.2) is 0 Å². The van der Waals surface area contributed by atoms with Crippen LogP contribution in [-0.4, -0.2) is 28.2 Å². The van der Waals surface area contributed by atoms with E-state index in [9.17, 15) is 15.0 Å². The summed E-state index contributed by atoms with van der Waals surface area (Å²) >= 11 is 0. The maximum Gasteiger partial charge on any atom is 0.133 e. The summed E-state index contributed by atoms with van der Waals surface area (Å²) < 4.78 is 0. The Bertz CT molecular complexity index is 327. The first-order valence-corrected chi connectivity index (χ1v) is 5.87. The normalized spacial score (nSPS) is 57.5. The molecule has 3 heteroatoms. The second-order valence-corrected chi connectivity index (χ2v) is 5.91. The lowest BCUT2D eigenvalue weighted by Gasteiger charge is -2.43. The van der Waals surface area contributed by atoms with Crippen LogP contribution in [0.15, 0.2) is 0 Å².